The minimum Gasteiger partial charge on any atom is -0.371 e. The van der Waals surface area contributed by atoms with Crippen molar-refractivity contribution in [2.75, 3.05) is 18.0 Å². The molecule has 0 aliphatic carbocycles. The van der Waals surface area contributed by atoms with Crippen LogP contribution in [0.15, 0.2) is 24.3 Å². The number of anilines is 1. The monoisotopic (exact) mass is 190 g/mol. The van der Waals surface area contributed by atoms with Crippen LogP contribution in [0.5, 0.6) is 0 Å². The van der Waals surface area contributed by atoms with Crippen molar-refractivity contribution in [2.45, 2.75) is 19.9 Å². The molecule has 1 aromatic rings. The predicted octanol–water partition coefficient (Wildman–Crippen LogP) is 1.99. The van der Waals surface area contributed by atoms with Crippen LogP contribution >= 0.6 is 0 Å². The van der Waals surface area contributed by atoms with Gasteiger partial charge in [-0.3, -0.25) is 0 Å². The first kappa shape index (κ1) is 9.53. The molecule has 14 heavy (non-hydrogen) atoms. The Bertz CT molecular complexity index is 309. The third kappa shape index (κ3) is 1.75. The third-order valence-electron chi connectivity index (χ3n) is 2.98. The topological polar surface area (TPSA) is 29.3 Å². The van der Waals surface area contributed by atoms with Crippen molar-refractivity contribution < 1.29 is 0 Å². The maximum atomic E-state index is 5.73. The fraction of sp³-hybridized carbons (Fsp3) is 0.500. The summed E-state index contributed by atoms with van der Waals surface area (Å²) in [5.41, 5.74) is 8.32. The molecule has 1 aromatic carbocycles. The van der Waals surface area contributed by atoms with Gasteiger partial charge < -0.3 is 10.6 Å². The van der Waals surface area contributed by atoms with Crippen LogP contribution in [0.2, 0.25) is 0 Å². The minimum atomic E-state index is 0.640. The molecule has 1 unspecified atom stereocenters. The Labute approximate surface area is 85.7 Å². The van der Waals surface area contributed by atoms with Crippen molar-refractivity contribution in [1.82, 2.24) is 0 Å². The van der Waals surface area contributed by atoms with Crippen molar-refractivity contribution in [3.05, 3.63) is 29.8 Å². The van der Waals surface area contributed by atoms with Gasteiger partial charge in [-0.05, 0) is 24.0 Å². The smallest absolute Gasteiger partial charge is 0.0411 e. The van der Waals surface area contributed by atoms with Crippen LogP contribution < -0.4 is 10.6 Å². The fourth-order valence-electron chi connectivity index (χ4n) is 2.15. The molecule has 0 bridgehead atoms. The second-order valence-electron chi connectivity index (χ2n) is 4.17. The molecule has 1 fully saturated rings. The van der Waals surface area contributed by atoms with Crippen LogP contribution in [-0.4, -0.2) is 13.1 Å². The van der Waals surface area contributed by atoms with Crippen LogP contribution in [0, 0.1) is 5.92 Å². The lowest BCUT2D eigenvalue weighted by Crippen LogP contribution is -2.21. The summed E-state index contributed by atoms with van der Waals surface area (Å²) in [5, 5.41) is 0. The lowest BCUT2D eigenvalue weighted by Gasteiger charge is -2.21. The minimum absolute atomic E-state index is 0.640. The van der Waals surface area contributed by atoms with Crippen LogP contribution in [0.1, 0.15) is 18.9 Å². The Morgan fingerprint density at radius 2 is 2.21 bits per heavy atom. The molecule has 1 heterocycles. The van der Waals surface area contributed by atoms with Gasteiger partial charge in [-0.15, -0.1) is 0 Å². The van der Waals surface area contributed by atoms with Gasteiger partial charge in [0.25, 0.3) is 0 Å². The van der Waals surface area contributed by atoms with Crippen molar-refractivity contribution in [2.24, 2.45) is 11.7 Å². The van der Waals surface area contributed by atoms with E-state index in [1.165, 1.54) is 30.8 Å². The van der Waals surface area contributed by atoms with E-state index in [0.717, 1.165) is 5.92 Å². The van der Waals surface area contributed by atoms with Crippen LogP contribution in [0.4, 0.5) is 5.69 Å². The standard InChI is InChI=1S/C12H18N2/c1-10-6-7-14(9-10)12-5-3-2-4-11(12)8-13/h2-5,10H,6-9,13H2,1H3. The average Bonchev–Trinajstić information content (AvgIpc) is 2.65. The van der Waals surface area contributed by atoms with Gasteiger partial charge in [0.2, 0.25) is 0 Å². The summed E-state index contributed by atoms with van der Waals surface area (Å²) in [6.45, 7) is 5.31. The molecule has 2 heteroatoms. The summed E-state index contributed by atoms with van der Waals surface area (Å²) in [5.74, 6) is 0.820. The molecule has 76 valence electrons. The zero-order chi connectivity index (χ0) is 9.97. The predicted molar refractivity (Wildman–Crippen MR) is 60.3 cm³/mol. The quantitative estimate of drug-likeness (QED) is 0.772. The van der Waals surface area contributed by atoms with Crippen molar-refractivity contribution in [3.8, 4) is 0 Å². The highest BCUT2D eigenvalue weighted by atomic mass is 15.2. The Hall–Kier alpha value is -1.02. The summed E-state index contributed by atoms with van der Waals surface area (Å²) in [6.07, 6.45) is 1.30. The number of nitrogens with zero attached hydrogens (tertiary/aromatic N) is 1. The van der Waals surface area contributed by atoms with Gasteiger partial charge >= 0.3 is 0 Å². The normalized spacial score (nSPS) is 21.6. The Balaban J connectivity index is 2.22. The zero-order valence-corrected chi connectivity index (χ0v) is 8.74. The van der Waals surface area contributed by atoms with Crippen LogP contribution in [0.3, 0.4) is 0 Å². The van der Waals surface area contributed by atoms with Crippen molar-refractivity contribution >= 4 is 5.69 Å². The molecule has 1 saturated heterocycles. The molecule has 2 rings (SSSR count). The van der Waals surface area contributed by atoms with E-state index in [1.54, 1.807) is 0 Å². The number of benzene rings is 1. The Morgan fingerprint density at radius 3 is 2.86 bits per heavy atom. The van der Waals surface area contributed by atoms with Gasteiger partial charge in [0, 0.05) is 25.3 Å². The highest BCUT2D eigenvalue weighted by Crippen LogP contribution is 2.26. The molecular formula is C12H18N2. The maximum Gasteiger partial charge on any atom is 0.0411 e. The number of rotatable bonds is 2. The Morgan fingerprint density at radius 1 is 1.43 bits per heavy atom. The molecule has 1 atom stereocenters. The molecule has 0 spiro atoms. The third-order valence-corrected chi connectivity index (χ3v) is 2.98. The highest BCUT2D eigenvalue weighted by Gasteiger charge is 2.19. The number of para-hydroxylation sites is 1. The summed E-state index contributed by atoms with van der Waals surface area (Å²) >= 11 is 0. The fourth-order valence-corrected chi connectivity index (χ4v) is 2.15. The van der Waals surface area contributed by atoms with E-state index in [4.69, 9.17) is 5.73 Å². The molecule has 2 nitrogen and oxygen atoms in total. The van der Waals surface area contributed by atoms with E-state index < -0.39 is 0 Å². The van der Waals surface area contributed by atoms with Crippen LogP contribution in [-0.2, 0) is 6.54 Å². The van der Waals surface area contributed by atoms with Gasteiger partial charge in [0.15, 0.2) is 0 Å². The van der Waals surface area contributed by atoms with E-state index in [-0.39, 0.29) is 0 Å². The number of nitrogens with two attached hydrogens (primary N) is 1. The number of hydrogen-bond acceptors (Lipinski definition) is 2. The molecule has 0 aromatic heterocycles. The maximum absolute atomic E-state index is 5.73. The highest BCUT2D eigenvalue weighted by molar-refractivity contribution is 5.54. The molecule has 0 saturated carbocycles. The summed E-state index contributed by atoms with van der Waals surface area (Å²) in [7, 11) is 0. The average molecular weight is 190 g/mol. The molecule has 1 aliphatic heterocycles. The van der Waals surface area contributed by atoms with Gasteiger partial charge in [-0.2, -0.15) is 0 Å². The molecule has 0 amide bonds. The van der Waals surface area contributed by atoms with Crippen molar-refractivity contribution in [3.63, 3.8) is 0 Å². The number of hydrogen-bond donors (Lipinski definition) is 1. The van der Waals surface area contributed by atoms with E-state index in [2.05, 4.69) is 36.1 Å². The van der Waals surface area contributed by atoms with Crippen LogP contribution in [0.25, 0.3) is 0 Å². The second-order valence-corrected chi connectivity index (χ2v) is 4.17. The van der Waals surface area contributed by atoms with E-state index in [9.17, 15) is 0 Å². The lowest BCUT2D eigenvalue weighted by atomic mass is 10.1. The largest absolute Gasteiger partial charge is 0.371 e. The SMILES string of the molecule is CC1CCN(c2ccccc2CN)C1. The van der Waals surface area contributed by atoms with Gasteiger partial charge in [-0.1, -0.05) is 25.1 Å². The van der Waals surface area contributed by atoms with Gasteiger partial charge in [0.1, 0.15) is 0 Å². The first-order valence-corrected chi connectivity index (χ1v) is 5.34. The summed E-state index contributed by atoms with van der Waals surface area (Å²) in [4.78, 5) is 2.45. The Kier molecular flexibility index (Phi) is 2.73. The van der Waals surface area contributed by atoms with E-state index in [1.807, 2.05) is 0 Å². The molecule has 2 N–H and O–H groups in total. The zero-order valence-electron chi connectivity index (χ0n) is 8.74. The first-order valence-electron chi connectivity index (χ1n) is 5.34. The summed E-state index contributed by atoms with van der Waals surface area (Å²) in [6, 6.07) is 8.46. The van der Waals surface area contributed by atoms with Gasteiger partial charge in [-0.25, -0.2) is 0 Å². The summed E-state index contributed by atoms with van der Waals surface area (Å²) < 4.78 is 0. The van der Waals surface area contributed by atoms with E-state index in [0.29, 0.717) is 6.54 Å². The molecule has 1 aliphatic rings. The lowest BCUT2D eigenvalue weighted by molar-refractivity contribution is 0.659. The van der Waals surface area contributed by atoms with Crippen molar-refractivity contribution in [1.29, 1.82) is 0 Å². The molecular weight excluding hydrogens is 172 g/mol. The van der Waals surface area contributed by atoms with E-state index >= 15 is 0 Å². The first-order chi connectivity index (χ1) is 6.81. The molecule has 0 radical (unpaired) electrons. The second kappa shape index (κ2) is 4.01. The van der Waals surface area contributed by atoms with Gasteiger partial charge in [0.05, 0.1) is 0 Å².